The number of aryl methyl sites for hydroxylation is 1. The number of carbonyl (C=O) groups is 2. The summed E-state index contributed by atoms with van der Waals surface area (Å²) in [5, 5.41) is 12.6. The number of nitrogens with one attached hydrogen (secondary N) is 1. The summed E-state index contributed by atoms with van der Waals surface area (Å²) < 4.78 is 2.02. The van der Waals surface area contributed by atoms with Crippen molar-refractivity contribution < 1.29 is 14.7 Å². The Morgan fingerprint density at radius 2 is 2.04 bits per heavy atom. The van der Waals surface area contributed by atoms with E-state index in [9.17, 15) is 14.7 Å². The normalized spacial score (nSPS) is 12.0. The van der Waals surface area contributed by atoms with Crippen molar-refractivity contribution in [2.45, 2.75) is 58.5 Å². The van der Waals surface area contributed by atoms with Gasteiger partial charge >= 0.3 is 5.97 Å². The van der Waals surface area contributed by atoms with Crippen LogP contribution in [0.3, 0.4) is 0 Å². The van der Waals surface area contributed by atoms with E-state index in [0.717, 1.165) is 30.7 Å². The minimum absolute atomic E-state index is 0.149. The highest BCUT2D eigenvalue weighted by atomic mass is 35.5. The summed E-state index contributed by atoms with van der Waals surface area (Å²) in [6.45, 7) is 4.38. The third-order valence-corrected chi connectivity index (χ3v) is 4.70. The molecule has 0 fully saturated rings. The maximum atomic E-state index is 11.6. The number of hydrogen-bond donors (Lipinski definition) is 2. The summed E-state index contributed by atoms with van der Waals surface area (Å²) in [6, 6.07) is 6.65. The minimum Gasteiger partial charge on any atom is -0.480 e. The number of aromatic nitrogens is 2. The van der Waals surface area contributed by atoms with E-state index in [1.807, 2.05) is 35.0 Å². The van der Waals surface area contributed by atoms with Gasteiger partial charge in [0.1, 0.15) is 11.9 Å². The molecule has 27 heavy (non-hydrogen) atoms. The molecule has 1 atom stereocenters. The monoisotopic (exact) mass is 391 g/mol. The van der Waals surface area contributed by atoms with E-state index >= 15 is 0 Å². The lowest BCUT2D eigenvalue weighted by Crippen LogP contribution is -2.42. The molecular weight excluding hydrogens is 366 g/mol. The molecule has 1 amide bonds. The number of amides is 1. The van der Waals surface area contributed by atoms with E-state index in [2.05, 4.69) is 17.2 Å². The van der Waals surface area contributed by atoms with Crippen molar-refractivity contribution in [3.8, 4) is 0 Å². The molecular formula is C20H26ClN3O3. The highest BCUT2D eigenvalue weighted by Gasteiger charge is 2.22. The topological polar surface area (TPSA) is 84.2 Å². The average molecular weight is 392 g/mol. The van der Waals surface area contributed by atoms with E-state index < -0.39 is 12.0 Å². The van der Waals surface area contributed by atoms with Crippen molar-refractivity contribution in [1.82, 2.24) is 14.9 Å². The van der Waals surface area contributed by atoms with E-state index in [0.29, 0.717) is 17.3 Å². The number of rotatable bonds is 10. The molecule has 1 aromatic carbocycles. The van der Waals surface area contributed by atoms with Gasteiger partial charge in [-0.05, 0) is 18.1 Å². The molecule has 2 aromatic rings. The summed E-state index contributed by atoms with van der Waals surface area (Å²) in [4.78, 5) is 27.7. The van der Waals surface area contributed by atoms with Crippen molar-refractivity contribution in [2.24, 2.45) is 0 Å². The van der Waals surface area contributed by atoms with Crippen LogP contribution < -0.4 is 5.32 Å². The highest BCUT2D eigenvalue weighted by molar-refractivity contribution is 6.31. The Morgan fingerprint density at radius 1 is 1.30 bits per heavy atom. The molecule has 0 aliphatic rings. The Morgan fingerprint density at radius 3 is 2.67 bits per heavy atom. The Bertz CT molecular complexity index is 789. The summed E-state index contributed by atoms with van der Waals surface area (Å²) in [6.07, 6.45) is 5.09. The van der Waals surface area contributed by atoms with E-state index in [1.165, 1.54) is 0 Å². The standard InChI is InChI=1S/C20H26ClN3O3/c1-3-5-10-18-22-15(11-17(20(26)27)23-19(25)4-2)13-24(18)12-14-8-6-7-9-16(14)21/h6-9,13,17H,3-5,10-12H2,1-2H3,(H,23,25)(H,26,27). The summed E-state index contributed by atoms with van der Waals surface area (Å²) in [5.74, 6) is -0.450. The molecule has 0 saturated heterocycles. The lowest BCUT2D eigenvalue weighted by molar-refractivity contribution is -0.141. The molecule has 1 aromatic heterocycles. The smallest absolute Gasteiger partial charge is 0.326 e. The van der Waals surface area contributed by atoms with Gasteiger partial charge in [0.05, 0.1) is 12.2 Å². The number of nitrogens with zero attached hydrogens (tertiary/aromatic N) is 2. The molecule has 0 aliphatic carbocycles. The Labute approximate surface area is 164 Å². The first-order valence-electron chi connectivity index (χ1n) is 9.25. The number of unbranched alkanes of at least 4 members (excludes halogenated alkanes) is 1. The number of carboxylic acids is 1. The van der Waals surface area contributed by atoms with E-state index in [1.54, 1.807) is 6.92 Å². The van der Waals surface area contributed by atoms with Crippen LogP contribution in [0.5, 0.6) is 0 Å². The van der Waals surface area contributed by atoms with Crippen molar-refractivity contribution in [1.29, 1.82) is 0 Å². The summed E-state index contributed by atoms with van der Waals surface area (Å²) in [7, 11) is 0. The molecule has 1 heterocycles. The zero-order chi connectivity index (χ0) is 19.8. The first-order valence-corrected chi connectivity index (χ1v) is 9.62. The van der Waals surface area contributed by atoms with Crippen LogP contribution in [0.1, 0.15) is 50.2 Å². The predicted molar refractivity (Wildman–Crippen MR) is 105 cm³/mol. The van der Waals surface area contributed by atoms with Crippen molar-refractivity contribution in [3.05, 3.63) is 52.6 Å². The molecule has 0 spiro atoms. The fraction of sp³-hybridized carbons (Fsp3) is 0.450. The lowest BCUT2D eigenvalue weighted by Gasteiger charge is -2.12. The van der Waals surface area contributed by atoms with Crippen molar-refractivity contribution in [2.75, 3.05) is 0 Å². The molecule has 146 valence electrons. The molecule has 0 bridgehead atoms. The second kappa shape index (κ2) is 10.1. The van der Waals surface area contributed by atoms with Crippen LogP contribution in [-0.2, 0) is 29.0 Å². The van der Waals surface area contributed by atoms with Crippen LogP contribution in [0, 0.1) is 0 Å². The number of benzene rings is 1. The number of hydrogen-bond acceptors (Lipinski definition) is 3. The molecule has 2 N–H and O–H groups in total. The number of imidazole rings is 1. The van der Waals surface area contributed by atoms with Gasteiger partial charge < -0.3 is 15.0 Å². The molecule has 0 saturated carbocycles. The van der Waals surface area contributed by atoms with Crippen molar-refractivity contribution in [3.63, 3.8) is 0 Å². The van der Waals surface area contributed by atoms with Crippen LogP contribution in [0.2, 0.25) is 5.02 Å². The fourth-order valence-corrected chi connectivity index (χ4v) is 2.99. The molecule has 0 aliphatic heterocycles. The first-order chi connectivity index (χ1) is 12.9. The zero-order valence-electron chi connectivity index (χ0n) is 15.7. The van der Waals surface area contributed by atoms with Gasteiger partial charge in [0.2, 0.25) is 5.91 Å². The fourth-order valence-electron chi connectivity index (χ4n) is 2.80. The molecule has 2 rings (SSSR count). The number of aliphatic carboxylic acids is 1. The van der Waals surface area contributed by atoms with Gasteiger partial charge in [0, 0.05) is 30.5 Å². The third-order valence-electron chi connectivity index (χ3n) is 4.33. The number of carbonyl (C=O) groups excluding carboxylic acids is 1. The van der Waals surface area contributed by atoms with Crippen LogP contribution in [0.25, 0.3) is 0 Å². The molecule has 0 radical (unpaired) electrons. The summed E-state index contributed by atoms with van der Waals surface area (Å²) >= 11 is 6.28. The van der Waals surface area contributed by atoms with Crippen LogP contribution in [-0.4, -0.2) is 32.6 Å². The van der Waals surface area contributed by atoms with E-state index in [-0.39, 0.29) is 18.7 Å². The van der Waals surface area contributed by atoms with Gasteiger partial charge in [-0.15, -0.1) is 0 Å². The Kier molecular flexibility index (Phi) is 7.85. The summed E-state index contributed by atoms with van der Waals surface area (Å²) in [5.41, 5.74) is 1.63. The van der Waals surface area contributed by atoms with Crippen molar-refractivity contribution >= 4 is 23.5 Å². The van der Waals surface area contributed by atoms with Gasteiger partial charge in [-0.2, -0.15) is 0 Å². The molecule has 1 unspecified atom stereocenters. The van der Waals surface area contributed by atoms with Gasteiger partial charge in [-0.1, -0.05) is 50.1 Å². The van der Waals surface area contributed by atoms with Gasteiger partial charge in [0.25, 0.3) is 0 Å². The average Bonchev–Trinajstić information content (AvgIpc) is 3.02. The molecule has 6 nitrogen and oxygen atoms in total. The lowest BCUT2D eigenvalue weighted by atomic mass is 10.1. The maximum Gasteiger partial charge on any atom is 0.326 e. The zero-order valence-corrected chi connectivity index (χ0v) is 16.5. The Hall–Kier alpha value is -2.34. The molecule has 7 heteroatoms. The maximum absolute atomic E-state index is 11.6. The number of halogens is 1. The van der Waals surface area contributed by atoms with Gasteiger partial charge in [0.15, 0.2) is 0 Å². The van der Waals surface area contributed by atoms with Crippen LogP contribution >= 0.6 is 11.6 Å². The highest BCUT2D eigenvalue weighted by Crippen LogP contribution is 2.18. The number of carboxylic acid groups (broad SMARTS) is 1. The van der Waals surface area contributed by atoms with Crippen LogP contribution in [0.4, 0.5) is 0 Å². The predicted octanol–water partition coefficient (Wildman–Crippen LogP) is 3.45. The first kappa shape index (κ1) is 21.0. The van der Waals surface area contributed by atoms with E-state index in [4.69, 9.17) is 11.6 Å². The van der Waals surface area contributed by atoms with Crippen LogP contribution in [0.15, 0.2) is 30.5 Å². The Balaban J connectivity index is 2.24. The van der Waals surface area contributed by atoms with Gasteiger partial charge in [-0.25, -0.2) is 9.78 Å². The second-order valence-corrected chi connectivity index (χ2v) is 6.89. The SMILES string of the molecule is CCCCc1nc(CC(NC(=O)CC)C(=O)O)cn1Cc1ccccc1Cl. The minimum atomic E-state index is -1.06. The quantitative estimate of drug-likeness (QED) is 0.649. The largest absolute Gasteiger partial charge is 0.480 e. The second-order valence-electron chi connectivity index (χ2n) is 6.49. The third kappa shape index (κ3) is 6.10. The van der Waals surface area contributed by atoms with Gasteiger partial charge in [-0.3, -0.25) is 4.79 Å².